The number of phenolic OH excluding ortho intramolecular Hbond substituents is 1. The molecule has 1 aromatic heterocycles. The molecule has 2 aromatic carbocycles. The van der Waals surface area contributed by atoms with Gasteiger partial charge in [0.1, 0.15) is 16.8 Å². The standard InChI is InChI=1S/C16H8Br2N2OS/c17-11-6-9(7-12(18)15(11)21)5-10(8-19)16-20-13-3-1-2-4-14(13)22-16/h1-7,21H/b10-5+. The SMILES string of the molecule is N#C/C(=C\c1cc(Br)c(O)c(Br)c1)c1nc2ccccc2s1. The maximum absolute atomic E-state index is 9.74. The van der Waals surface area contributed by atoms with Crippen molar-refractivity contribution in [2.45, 2.75) is 0 Å². The lowest BCUT2D eigenvalue weighted by molar-refractivity contribution is 0.468. The van der Waals surface area contributed by atoms with E-state index in [1.165, 1.54) is 11.3 Å². The summed E-state index contributed by atoms with van der Waals surface area (Å²) in [6.07, 6.45) is 1.76. The van der Waals surface area contributed by atoms with Crippen LogP contribution in [0.25, 0.3) is 21.9 Å². The van der Waals surface area contributed by atoms with Crippen LogP contribution in [0.4, 0.5) is 0 Å². The molecule has 1 N–H and O–H groups in total. The normalized spacial score (nSPS) is 11.6. The Balaban J connectivity index is 2.09. The molecule has 0 unspecified atom stereocenters. The third kappa shape index (κ3) is 2.93. The molecule has 3 nitrogen and oxygen atoms in total. The van der Waals surface area contributed by atoms with E-state index in [2.05, 4.69) is 42.9 Å². The number of nitriles is 1. The molecule has 0 radical (unpaired) electrons. The lowest BCUT2D eigenvalue weighted by atomic mass is 10.1. The third-order valence-electron chi connectivity index (χ3n) is 2.99. The highest BCUT2D eigenvalue weighted by atomic mass is 79.9. The molecule has 0 fully saturated rings. The van der Waals surface area contributed by atoms with Gasteiger partial charge in [-0.15, -0.1) is 11.3 Å². The Labute approximate surface area is 147 Å². The van der Waals surface area contributed by atoms with E-state index in [9.17, 15) is 10.4 Å². The molecular formula is C16H8Br2N2OS. The van der Waals surface area contributed by atoms with Gasteiger partial charge in [-0.2, -0.15) is 5.26 Å². The van der Waals surface area contributed by atoms with E-state index < -0.39 is 0 Å². The topological polar surface area (TPSA) is 56.9 Å². The fourth-order valence-electron chi connectivity index (χ4n) is 1.96. The molecule has 0 spiro atoms. The van der Waals surface area contributed by atoms with Gasteiger partial charge in [-0.1, -0.05) is 12.1 Å². The van der Waals surface area contributed by atoms with Crippen LogP contribution in [-0.2, 0) is 0 Å². The number of aromatic hydroxyl groups is 1. The summed E-state index contributed by atoms with van der Waals surface area (Å²) in [6, 6.07) is 13.5. The van der Waals surface area contributed by atoms with Crippen LogP contribution in [0.2, 0.25) is 0 Å². The van der Waals surface area contributed by atoms with Crippen molar-refractivity contribution < 1.29 is 5.11 Å². The summed E-state index contributed by atoms with van der Waals surface area (Å²) in [5.41, 5.74) is 2.18. The zero-order valence-corrected chi connectivity index (χ0v) is 15.0. The van der Waals surface area contributed by atoms with Gasteiger partial charge >= 0.3 is 0 Å². The van der Waals surface area contributed by atoms with Crippen molar-refractivity contribution in [1.29, 1.82) is 5.26 Å². The molecule has 0 atom stereocenters. The van der Waals surface area contributed by atoms with E-state index in [1.807, 2.05) is 24.3 Å². The monoisotopic (exact) mass is 434 g/mol. The van der Waals surface area contributed by atoms with E-state index in [0.717, 1.165) is 15.8 Å². The lowest BCUT2D eigenvalue weighted by Gasteiger charge is -2.02. The van der Waals surface area contributed by atoms with E-state index >= 15 is 0 Å². The van der Waals surface area contributed by atoms with Crippen molar-refractivity contribution in [3.8, 4) is 11.8 Å². The second kappa shape index (κ2) is 6.21. The average Bonchev–Trinajstić information content (AvgIpc) is 2.93. The highest BCUT2D eigenvalue weighted by Crippen LogP contribution is 2.35. The quantitative estimate of drug-likeness (QED) is 0.533. The minimum absolute atomic E-state index is 0.135. The largest absolute Gasteiger partial charge is 0.506 e. The first-order chi connectivity index (χ1) is 10.6. The van der Waals surface area contributed by atoms with Crippen molar-refractivity contribution in [3.05, 3.63) is 55.9 Å². The number of phenols is 1. The van der Waals surface area contributed by atoms with Crippen LogP contribution in [0, 0.1) is 11.3 Å². The van der Waals surface area contributed by atoms with Crippen molar-refractivity contribution in [1.82, 2.24) is 4.98 Å². The van der Waals surface area contributed by atoms with Crippen LogP contribution >= 0.6 is 43.2 Å². The van der Waals surface area contributed by atoms with Crippen LogP contribution in [-0.4, -0.2) is 10.1 Å². The zero-order valence-electron chi connectivity index (χ0n) is 11.0. The number of hydrogen-bond acceptors (Lipinski definition) is 4. The lowest BCUT2D eigenvalue weighted by Crippen LogP contribution is -1.82. The van der Waals surface area contributed by atoms with Crippen LogP contribution in [0.3, 0.4) is 0 Å². The van der Waals surface area contributed by atoms with Gasteiger partial charge in [-0.3, -0.25) is 0 Å². The predicted octanol–water partition coefficient (Wildman–Crippen LogP) is 5.59. The molecule has 0 saturated heterocycles. The molecule has 0 aliphatic carbocycles. The molecule has 3 aromatic rings. The molecule has 0 aliphatic rings. The van der Waals surface area contributed by atoms with Gasteiger partial charge < -0.3 is 5.11 Å². The molecular weight excluding hydrogens is 428 g/mol. The maximum Gasteiger partial charge on any atom is 0.143 e. The molecule has 6 heteroatoms. The van der Waals surface area contributed by atoms with Gasteiger partial charge in [-0.25, -0.2) is 4.98 Å². The average molecular weight is 436 g/mol. The van der Waals surface area contributed by atoms with Crippen molar-refractivity contribution in [2.24, 2.45) is 0 Å². The number of aromatic nitrogens is 1. The molecule has 0 saturated carbocycles. The second-order valence-electron chi connectivity index (χ2n) is 4.49. The Morgan fingerprint density at radius 2 is 1.91 bits per heavy atom. The summed E-state index contributed by atoms with van der Waals surface area (Å²) in [7, 11) is 0. The fourth-order valence-corrected chi connectivity index (χ4v) is 4.12. The van der Waals surface area contributed by atoms with Crippen LogP contribution in [0.1, 0.15) is 10.6 Å². The Morgan fingerprint density at radius 3 is 2.55 bits per heavy atom. The van der Waals surface area contributed by atoms with Gasteiger partial charge in [0.15, 0.2) is 0 Å². The number of benzene rings is 2. The minimum Gasteiger partial charge on any atom is -0.506 e. The number of nitrogens with zero attached hydrogens (tertiary/aromatic N) is 2. The van der Waals surface area contributed by atoms with E-state index in [4.69, 9.17) is 0 Å². The van der Waals surface area contributed by atoms with Gasteiger partial charge in [0, 0.05) is 0 Å². The van der Waals surface area contributed by atoms with Gasteiger partial charge in [0.2, 0.25) is 0 Å². The summed E-state index contributed by atoms with van der Waals surface area (Å²) in [5.74, 6) is 0.135. The number of allylic oxidation sites excluding steroid dienone is 1. The van der Waals surface area contributed by atoms with Crippen molar-refractivity contribution >= 4 is 65.1 Å². The molecule has 22 heavy (non-hydrogen) atoms. The third-order valence-corrected chi connectivity index (χ3v) is 5.27. The Hall–Kier alpha value is -1.68. The highest BCUT2D eigenvalue weighted by molar-refractivity contribution is 9.11. The maximum atomic E-state index is 9.74. The second-order valence-corrected chi connectivity index (χ2v) is 7.23. The van der Waals surface area contributed by atoms with E-state index in [1.54, 1.807) is 18.2 Å². The van der Waals surface area contributed by atoms with Crippen LogP contribution < -0.4 is 0 Å². The summed E-state index contributed by atoms with van der Waals surface area (Å²) >= 11 is 8.06. The van der Waals surface area contributed by atoms with Gasteiger partial charge in [0.05, 0.1) is 24.7 Å². The first-order valence-electron chi connectivity index (χ1n) is 6.24. The Bertz CT molecular complexity index is 885. The molecule has 108 valence electrons. The van der Waals surface area contributed by atoms with Gasteiger partial charge in [-0.05, 0) is 67.8 Å². The van der Waals surface area contributed by atoms with Crippen LogP contribution in [0.5, 0.6) is 5.75 Å². The minimum atomic E-state index is 0.135. The molecule has 3 rings (SSSR count). The Morgan fingerprint density at radius 1 is 1.23 bits per heavy atom. The highest BCUT2D eigenvalue weighted by Gasteiger charge is 2.10. The predicted molar refractivity (Wildman–Crippen MR) is 96.6 cm³/mol. The van der Waals surface area contributed by atoms with Gasteiger partial charge in [0.25, 0.3) is 0 Å². The number of halogens is 2. The summed E-state index contributed by atoms with van der Waals surface area (Å²) in [6.45, 7) is 0. The first kappa shape index (κ1) is 15.2. The first-order valence-corrected chi connectivity index (χ1v) is 8.64. The smallest absolute Gasteiger partial charge is 0.143 e. The van der Waals surface area contributed by atoms with Crippen LogP contribution in [0.15, 0.2) is 45.3 Å². The fraction of sp³-hybridized carbons (Fsp3) is 0. The summed E-state index contributed by atoms with van der Waals surface area (Å²) in [5, 5.41) is 19.9. The number of para-hydroxylation sites is 1. The molecule has 0 aliphatic heterocycles. The molecule has 0 amide bonds. The van der Waals surface area contributed by atoms with E-state index in [-0.39, 0.29) is 5.75 Å². The molecule has 0 bridgehead atoms. The summed E-state index contributed by atoms with van der Waals surface area (Å²) in [4.78, 5) is 4.50. The number of hydrogen-bond donors (Lipinski definition) is 1. The number of rotatable bonds is 2. The zero-order chi connectivity index (χ0) is 15.7. The number of fused-ring (bicyclic) bond motifs is 1. The molecule has 1 heterocycles. The van der Waals surface area contributed by atoms with Crippen molar-refractivity contribution in [3.63, 3.8) is 0 Å². The summed E-state index contributed by atoms with van der Waals surface area (Å²) < 4.78 is 2.18. The van der Waals surface area contributed by atoms with E-state index in [0.29, 0.717) is 19.5 Å². The Kier molecular flexibility index (Phi) is 4.30. The number of thiazole rings is 1. The van der Waals surface area contributed by atoms with Crippen molar-refractivity contribution in [2.75, 3.05) is 0 Å².